The van der Waals surface area contributed by atoms with Crippen molar-refractivity contribution in [2.75, 3.05) is 31.5 Å². The van der Waals surface area contributed by atoms with Gasteiger partial charge in [-0.2, -0.15) is 4.31 Å². The predicted octanol–water partition coefficient (Wildman–Crippen LogP) is 5.20. The van der Waals surface area contributed by atoms with Gasteiger partial charge in [0.05, 0.1) is 16.5 Å². The van der Waals surface area contributed by atoms with Gasteiger partial charge in [-0.3, -0.25) is 4.90 Å². The van der Waals surface area contributed by atoms with Crippen LogP contribution in [-0.4, -0.2) is 53.8 Å². The van der Waals surface area contributed by atoms with Crippen LogP contribution in [0.3, 0.4) is 0 Å². The van der Waals surface area contributed by atoms with Gasteiger partial charge in [0.15, 0.2) is 0 Å². The summed E-state index contributed by atoms with van der Waals surface area (Å²) in [6.07, 6.45) is 0. The highest BCUT2D eigenvalue weighted by atomic mass is 79.9. The van der Waals surface area contributed by atoms with Crippen molar-refractivity contribution in [3.05, 3.63) is 89.2 Å². The van der Waals surface area contributed by atoms with E-state index in [1.54, 1.807) is 28.6 Å². The van der Waals surface area contributed by atoms with Crippen molar-refractivity contribution in [2.45, 2.75) is 17.9 Å². The molecule has 35 heavy (non-hydrogen) atoms. The van der Waals surface area contributed by atoms with Gasteiger partial charge in [-0.05, 0) is 55.5 Å². The first kappa shape index (κ1) is 23.9. The molecule has 1 atom stereocenters. The summed E-state index contributed by atoms with van der Waals surface area (Å²) in [6, 6.07) is 24.6. The zero-order valence-corrected chi connectivity index (χ0v) is 21.7. The van der Waals surface area contributed by atoms with Crippen molar-refractivity contribution in [2.24, 2.45) is 0 Å². The number of rotatable bonds is 6. The zero-order valence-electron chi connectivity index (χ0n) is 19.3. The minimum Gasteiger partial charge on any atom is -0.340 e. The van der Waals surface area contributed by atoms with E-state index >= 15 is 0 Å². The van der Waals surface area contributed by atoms with Crippen molar-refractivity contribution >= 4 is 48.4 Å². The maximum atomic E-state index is 13.1. The number of para-hydroxylation sites is 2. The van der Waals surface area contributed by atoms with E-state index in [1.807, 2.05) is 54.6 Å². The second-order valence-electron chi connectivity index (χ2n) is 8.51. The van der Waals surface area contributed by atoms with Gasteiger partial charge in [0.2, 0.25) is 10.0 Å². The second-order valence-corrected chi connectivity index (χ2v) is 11.4. The lowest BCUT2D eigenvalue weighted by Crippen LogP contribution is -2.49. The number of sulfonamides is 1. The van der Waals surface area contributed by atoms with E-state index in [1.165, 1.54) is 0 Å². The molecule has 0 amide bonds. The molecule has 0 unspecified atom stereocenters. The molecule has 0 aliphatic carbocycles. The SMILES string of the molecule is C[C@@H](c1nc(Nc2ccccc2)c2ccccc2n1)N1CCN(S(=O)(=O)c2ccc(Br)cc2)CC1. The van der Waals surface area contributed by atoms with Gasteiger partial charge < -0.3 is 5.32 Å². The number of anilines is 2. The van der Waals surface area contributed by atoms with Crippen LogP contribution in [0.5, 0.6) is 0 Å². The van der Waals surface area contributed by atoms with E-state index < -0.39 is 10.0 Å². The average molecular weight is 552 g/mol. The molecule has 1 N–H and O–H groups in total. The lowest BCUT2D eigenvalue weighted by molar-refractivity contribution is 0.141. The molecular formula is C26H26BrN5O2S. The number of halogens is 1. The van der Waals surface area contributed by atoms with Crippen LogP contribution in [0.1, 0.15) is 18.8 Å². The maximum Gasteiger partial charge on any atom is 0.243 e. The lowest BCUT2D eigenvalue weighted by atomic mass is 10.2. The first-order valence-electron chi connectivity index (χ1n) is 11.5. The Bertz CT molecular complexity index is 1420. The Labute approximate surface area is 214 Å². The molecule has 3 aromatic carbocycles. The fourth-order valence-corrected chi connectivity index (χ4v) is 5.97. The largest absolute Gasteiger partial charge is 0.340 e. The van der Waals surface area contributed by atoms with Gasteiger partial charge in [0.1, 0.15) is 11.6 Å². The molecule has 0 bridgehead atoms. The second kappa shape index (κ2) is 10.0. The molecule has 1 aromatic heterocycles. The molecule has 5 rings (SSSR count). The van der Waals surface area contributed by atoms with Gasteiger partial charge in [-0.1, -0.05) is 46.3 Å². The molecule has 2 heterocycles. The highest BCUT2D eigenvalue weighted by molar-refractivity contribution is 9.10. The van der Waals surface area contributed by atoms with E-state index in [0.29, 0.717) is 36.9 Å². The van der Waals surface area contributed by atoms with Crippen LogP contribution >= 0.6 is 15.9 Å². The number of hydrogen-bond acceptors (Lipinski definition) is 6. The van der Waals surface area contributed by atoms with Gasteiger partial charge in [-0.25, -0.2) is 18.4 Å². The Hall–Kier alpha value is -2.85. The Morgan fingerprint density at radius 2 is 1.51 bits per heavy atom. The van der Waals surface area contributed by atoms with Crippen LogP contribution < -0.4 is 5.32 Å². The number of aromatic nitrogens is 2. The van der Waals surface area contributed by atoms with Crippen molar-refractivity contribution in [1.82, 2.24) is 19.2 Å². The number of benzene rings is 3. The third-order valence-corrected chi connectivity index (χ3v) is 8.74. The fourth-order valence-electron chi connectivity index (χ4n) is 4.29. The molecule has 9 heteroatoms. The summed E-state index contributed by atoms with van der Waals surface area (Å²) in [6.45, 7) is 4.13. The highest BCUT2D eigenvalue weighted by Gasteiger charge is 2.31. The van der Waals surface area contributed by atoms with E-state index in [0.717, 1.165) is 26.9 Å². The van der Waals surface area contributed by atoms with E-state index in [-0.39, 0.29) is 6.04 Å². The third-order valence-electron chi connectivity index (χ3n) is 6.30. The van der Waals surface area contributed by atoms with E-state index in [4.69, 9.17) is 9.97 Å². The minimum absolute atomic E-state index is 0.0616. The molecule has 0 spiro atoms. The topological polar surface area (TPSA) is 78.4 Å². The number of hydrogen-bond donors (Lipinski definition) is 1. The van der Waals surface area contributed by atoms with Crippen LogP contribution in [0, 0.1) is 0 Å². The van der Waals surface area contributed by atoms with Gasteiger partial charge in [0.25, 0.3) is 0 Å². The summed E-state index contributed by atoms with van der Waals surface area (Å²) in [5.74, 6) is 1.48. The van der Waals surface area contributed by atoms with Crippen LogP contribution in [0.4, 0.5) is 11.5 Å². The standard InChI is InChI=1S/C26H26BrN5O2S/c1-19(31-15-17-32(18-16-31)35(33,34)22-13-11-20(27)12-14-22)25-29-24-10-6-5-9-23(24)26(30-25)28-21-7-3-2-4-8-21/h2-14,19H,15-18H2,1H3,(H,28,29,30)/t19-/m0/s1. The maximum absolute atomic E-state index is 13.1. The first-order valence-corrected chi connectivity index (χ1v) is 13.7. The first-order chi connectivity index (χ1) is 16.9. The summed E-state index contributed by atoms with van der Waals surface area (Å²) in [4.78, 5) is 12.3. The van der Waals surface area contributed by atoms with Gasteiger partial charge in [-0.15, -0.1) is 0 Å². The van der Waals surface area contributed by atoms with Crippen LogP contribution in [-0.2, 0) is 10.0 Å². The monoisotopic (exact) mass is 551 g/mol. The van der Waals surface area contributed by atoms with Crippen molar-refractivity contribution in [3.8, 4) is 0 Å². The molecule has 0 radical (unpaired) electrons. The summed E-state index contributed by atoms with van der Waals surface area (Å²) >= 11 is 3.36. The average Bonchev–Trinajstić information content (AvgIpc) is 2.89. The highest BCUT2D eigenvalue weighted by Crippen LogP contribution is 2.28. The number of nitrogens with zero attached hydrogens (tertiary/aromatic N) is 4. The van der Waals surface area contributed by atoms with Gasteiger partial charge in [0, 0.05) is 41.7 Å². The van der Waals surface area contributed by atoms with Gasteiger partial charge >= 0.3 is 0 Å². The summed E-state index contributed by atoms with van der Waals surface area (Å²) in [5, 5.41) is 4.39. The molecular weight excluding hydrogens is 526 g/mol. The fraction of sp³-hybridized carbons (Fsp3) is 0.231. The predicted molar refractivity (Wildman–Crippen MR) is 142 cm³/mol. The molecule has 1 saturated heterocycles. The van der Waals surface area contributed by atoms with Crippen molar-refractivity contribution < 1.29 is 8.42 Å². The molecule has 1 aliphatic rings. The molecule has 4 aromatic rings. The summed E-state index contributed by atoms with van der Waals surface area (Å²) in [7, 11) is -3.52. The smallest absolute Gasteiger partial charge is 0.243 e. The normalized spacial score (nSPS) is 16.3. The van der Waals surface area contributed by atoms with Crippen molar-refractivity contribution in [1.29, 1.82) is 0 Å². The molecule has 1 aliphatic heterocycles. The Morgan fingerprint density at radius 1 is 0.857 bits per heavy atom. The van der Waals surface area contributed by atoms with Crippen LogP contribution in [0.2, 0.25) is 0 Å². The van der Waals surface area contributed by atoms with Crippen molar-refractivity contribution in [3.63, 3.8) is 0 Å². The molecule has 0 saturated carbocycles. The number of nitrogens with one attached hydrogen (secondary N) is 1. The Morgan fingerprint density at radius 3 is 2.23 bits per heavy atom. The minimum atomic E-state index is -3.52. The van der Waals surface area contributed by atoms with E-state index in [9.17, 15) is 8.42 Å². The third kappa shape index (κ3) is 5.08. The van der Waals surface area contributed by atoms with Crippen LogP contribution in [0.15, 0.2) is 88.2 Å². The summed E-state index contributed by atoms with van der Waals surface area (Å²) in [5.41, 5.74) is 1.83. The Kier molecular flexibility index (Phi) is 6.84. The quantitative estimate of drug-likeness (QED) is 0.354. The van der Waals surface area contributed by atoms with Crippen LogP contribution in [0.25, 0.3) is 10.9 Å². The Balaban J connectivity index is 1.35. The zero-order chi connectivity index (χ0) is 24.4. The van der Waals surface area contributed by atoms with E-state index in [2.05, 4.69) is 33.1 Å². The number of fused-ring (bicyclic) bond motifs is 1. The lowest BCUT2D eigenvalue weighted by Gasteiger charge is -2.36. The molecule has 180 valence electrons. The number of piperazine rings is 1. The molecule has 7 nitrogen and oxygen atoms in total. The summed E-state index contributed by atoms with van der Waals surface area (Å²) < 4.78 is 28.5. The molecule has 1 fully saturated rings.